The van der Waals surface area contributed by atoms with Crippen molar-refractivity contribution in [3.05, 3.63) is 42.2 Å². The van der Waals surface area contributed by atoms with Gasteiger partial charge in [0.1, 0.15) is 24.1 Å². The minimum Gasteiger partial charge on any atom is -0.487 e. The number of para-hydroxylation sites is 1. The van der Waals surface area contributed by atoms with Gasteiger partial charge in [0.15, 0.2) is 0 Å². The molecule has 2 rings (SSSR count). The topological polar surface area (TPSA) is 72.3 Å². The van der Waals surface area contributed by atoms with Crippen LogP contribution in [0.25, 0.3) is 0 Å². The van der Waals surface area contributed by atoms with Crippen LogP contribution in [-0.4, -0.2) is 52.0 Å². The molecule has 0 fully saturated rings. The molecule has 1 heterocycles. The predicted octanol–water partition coefficient (Wildman–Crippen LogP) is 1.88. The molecule has 1 N–H and O–H groups in total. The van der Waals surface area contributed by atoms with Crippen LogP contribution in [0.3, 0.4) is 0 Å². The molecule has 0 aliphatic heterocycles. The molecule has 7 heteroatoms. The number of carbonyl (C=O) groups is 1. The highest BCUT2D eigenvalue weighted by atomic mass is 16.5. The summed E-state index contributed by atoms with van der Waals surface area (Å²) in [6.45, 7) is 9.79. The second kappa shape index (κ2) is 9.78. The summed E-state index contributed by atoms with van der Waals surface area (Å²) in [4.78, 5) is 14.5. The molecular formula is C18H27N5O2. The summed E-state index contributed by atoms with van der Waals surface area (Å²) >= 11 is 0. The molecule has 0 saturated heterocycles. The molecule has 1 amide bonds. The number of nitrogens with one attached hydrogen (secondary N) is 1. The molecule has 1 aromatic heterocycles. The molecule has 0 bridgehead atoms. The lowest BCUT2D eigenvalue weighted by molar-refractivity contribution is -0.124. The predicted molar refractivity (Wildman–Crippen MR) is 96.3 cm³/mol. The standard InChI is InChI=1S/C18H27N5O2/c1-4-22(5-2)12-11-19-18(24)15(3)23-13-16(20-21-23)14-25-17-9-7-6-8-10-17/h6-10,13,15H,4-5,11-12,14H2,1-3H3,(H,19,24)/t15-/m1/s1. The summed E-state index contributed by atoms with van der Waals surface area (Å²) < 4.78 is 7.21. The summed E-state index contributed by atoms with van der Waals surface area (Å²) in [7, 11) is 0. The highest BCUT2D eigenvalue weighted by Crippen LogP contribution is 2.11. The third-order valence-electron chi connectivity index (χ3n) is 4.09. The molecule has 2 aromatic rings. The van der Waals surface area contributed by atoms with Gasteiger partial charge in [0.25, 0.3) is 0 Å². The Kier molecular flexibility index (Phi) is 7.40. The summed E-state index contributed by atoms with van der Waals surface area (Å²) in [5.41, 5.74) is 0.687. The van der Waals surface area contributed by atoms with Crippen molar-refractivity contribution in [1.29, 1.82) is 0 Å². The molecule has 25 heavy (non-hydrogen) atoms. The number of aromatic nitrogens is 3. The molecule has 136 valence electrons. The number of hydrogen-bond acceptors (Lipinski definition) is 5. The first-order valence-corrected chi connectivity index (χ1v) is 8.72. The van der Waals surface area contributed by atoms with Crippen molar-refractivity contribution in [2.24, 2.45) is 0 Å². The Morgan fingerprint density at radius 2 is 2.00 bits per heavy atom. The number of nitrogens with zero attached hydrogens (tertiary/aromatic N) is 4. The molecule has 7 nitrogen and oxygen atoms in total. The molecule has 0 unspecified atom stereocenters. The fourth-order valence-corrected chi connectivity index (χ4v) is 2.39. The first-order valence-electron chi connectivity index (χ1n) is 8.72. The van der Waals surface area contributed by atoms with Crippen LogP contribution < -0.4 is 10.1 Å². The fraction of sp³-hybridized carbons (Fsp3) is 0.500. The minimum atomic E-state index is -0.408. The highest BCUT2D eigenvalue weighted by Gasteiger charge is 2.16. The first kappa shape index (κ1) is 18.9. The Bertz CT molecular complexity index is 640. The number of likely N-dealkylation sites (N-methyl/N-ethyl adjacent to an activating group) is 1. The van der Waals surface area contributed by atoms with Gasteiger partial charge in [-0.2, -0.15) is 0 Å². The average molecular weight is 345 g/mol. The maximum atomic E-state index is 12.2. The lowest BCUT2D eigenvalue weighted by atomic mass is 10.3. The number of carbonyl (C=O) groups excluding carboxylic acids is 1. The van der Waals surface area contributed by atoms with Crippen molar-refractivity contribution >= 4 is 5.91 Å². The maximum Gasteiger partial charge on any atom is 0.244 e. The van der Waals surface area contributed by atoms with Gasteiger partial charge in [0.2, 0.25) is 5.91 Å². The van der Waals surface area contributed by atoms with Gasteiger partial charge in [0, 0.05) is 13.1 Å². The van der Waals surface area contributed by atoms with Crippen LogP contribution in [0, 0.1) is 0 Å². The van der Waals surface area contributed by atoms with Gasteiger partial charge in [-0.25, -0.2) is 4.68 Å². The van der Waals surface area contributed by atoms with E-state index in [2.05, 4.69) is 34.4 Å². The van der Waals surface area contributed by atoms with Crippen LogP contribution in [0.5, 0.6) is 5.75 Å². The van der Waals surface area contributed by atoms with Crippen molar-refractivity contribution < 1.29 is 9.53 Å². The Morgan fingerprint density at radius 1 is 1.28 bits per heavy atom. The Balaban J connectivity index is 1.80. The van der Waals surface area contributed by atoms with Gasteiger partial charge in [-0.1, -0.05) is 37.3 Å². The average Bonchev–Trinajstić information content (AvgIpc) is 3.12. The third-order valence-corrected chi connectivity index (χ3v) is 4.09. The molecular weight excluding hydrogens is 318 g/mol. The Morgan fingerprint density at radius 3 is 2.68 bits per heavy atom. The molecule has 0 aliphatic carbocycles. The third kappa shape index (κ3) is 5.86. The van der Waals surface area contributed by atoms with Crippen LogP contribution in [0.1, 0.15) is 32.5 Å². The zero-order valence-electron chi connectivity index (χ0n) is 15.2. The van der Waals surface area contributed by atoms with E-state index < -0.39 is 6.04 Å². The van der Waals surface area contributed by atoms with Crippen molar-refractivity contribution in [2.45, 2.75) is 33.4 Å². The van der Waals surface area contributed by atoms with Crippen LogP contribution in [-0.2, 0) is 11.4 Å². The van der Waals surface area contributed by atoms with Gasteiger partial charge < -0.3 is 15.0 Å². The maximum absolute atomic E-state index is 12.2. The first-order chi connectivity index (χ1) is 12.1. The second-order valence-corrected chi connectivity index (χ2v) is 5.79. The van der Waals surface area contributed by atoms with Crippen molar-refractivity contribution in [1.82, 2.24) is 25.2 Å². The van der Waals surface area contributed by atoms with Crippen molar-refractivity contribution in [2.75, 3.05) is 26.2 Å². The van der Waals surface area contributed by atoms with Gasteiger partial charge in [-0.15, -0.1) is 5.10 Å². The fourth-order valence-electron chi connectivity index (χ4n) is 2.39. The molecule has 0 radical (unpaired) electrons. The highest BCUT2D eigenvalue weighted by molar-refractivity contribution is 5.79. The molecule has 1 aromatic carbocycles. The van der Waals surface area contributed by atoms with Crippen molar-refractivity contribution in [3.8, 4) is 5.75 Å². The summed E-state index contributed by atoms with van der Waals surface area (Å²) in [5.74, 6) is 0.715. The van der Waals surface area contributed by atoms with Crippen molar-refractivity contribution in [3.63, 3.8) is 0 Å². The summed E-state index contributed by atoms with van der Waals surface area (Å²) in [5, 5.41) is 11.1. The normalized spacial score (nSPS) is 12.2. The largest absolute Gasteiger partial charge is 0.487 e. The SMILES string of the molecule is CCN(CC)CCNC(=O)[C@@H](C)n1cc(COc2ccccc2)nn1. The van der Waals surface area contributed by atoms with E-state index in [9.17, 15) is 4.79 Å². The monoisotopic (exact) mass is 345 g/mol. The van der Waals surface area contributed by atoms with E-state index >= 15 is 0 Å². The van der Waals surface area contributed by atoms with Gasteiger partial charge >= 0.3 is 0 Å². The van der Waals surface area contributed by atoms with E-state index in [1.54, 1.807) is 10.9 Å². The summed E-state index contributed by atoms with van der Waals surface area (Å²) in [6.07, 6.45) is 1.75. The van der Waals surface area contributed by atoms with E-state index in [1.807, 2.05) is 37.3 Å². The number of amides is 1. The van der Waals surface area contributed by atoms with Gasteiger partial charge in [-0.3, -0.25) is 4.79 Å². The van der Waals surface area contributed by atoms with E-state index in [0.29, 0.717) is 18.8 Å². The van der Waals surface area contributed by atoms with Crippen LogP contribution >= 0.6 is 0 Å². The van der Waals surface area contributed by atoms with Crippen LogP contribution in [0.4, 0.5) is 0 Å². The number of benzene rings is 1. The van der Waals surface area contributed by atoms with Crippen LogP contribution in [0.2, 0.25) is 0 Å². The minimum absolute atomic E-state index is 0.0624. The number of ether oxygens (including phenoxy) is 1. The second-order valence-electron chi connectivity index (χ2n) is 5.79. The smallest absolute Gasteiger partial charge is 0.244 e. The summed E-state index contributed by atoms with van der Waals surface area (Å²) in [6, 6.07) is 9.12. The number of rotatable bonds is 10. The lowest BCUT2D eigenvalue weighted by Gasteiger charge is -2.19. The lowest BCUT2D eigenvalue weighted by Crippen LogP contribution is -2.37. The quantitative estimate of drug-likeness (QED) is 0.712. The van der Waals surface area contributed by atoms with E-state index in [0.717, 1.165) is 25.4 Å². The Hall–Kier alpha value is -2.41. The molecule has 0 saturated carbocycles. The van der Waals surface area contributed by atoms with Gasteiger partial charge in [0.05, 0.1) is 6.20 Å². The zero-order valence-corrected chi connectivity index (χ0v) is 15.2. The zero-order chi connectivity index (χ0) is 18.1. The van der Waals surface area contributed by atoms with E-state index in [-0.39, 0.29) is 5.91 Å². The Labute approximate surface area is 149 Å². The number of hydrogen-bond donors (Lipinski definition) is 1. The van der Waals surface area contributed by atoms with Gasteiger partial charge in [-0.05, 0) is 32.1 Å². The molecule has 0 spiro atoms. The van der Waals surface area contributed by atoms with E-state index in [1.165, 1.54) is 0 Å². The molecule has 0 aliphatic rings. The van der Waals surface area contributed by atoms with E-state index in [4.69, 9.17) is 4.74 Å². The molecule has 1 atom stereocenters. The van der Waals surface area contributed by atoms with Crippen LogP contribution in [0.15, 0.2) is 36.5 Å².